The monoisotopic (exact) mass is 418 g/mol. The Morgan fingerprint density at radius 1 is 1.19 bits per heavy atom. The van der Waals surface area contributed by atoms with Crippen LogP contribution in [0, 0.1) is 0 Å². The van der Waals surface area contributed by atoms with Crippen LogP contribution < -0.4 is 15.0 Å². The van der Waals surface area contributed by atoms with Crippen LogP contribution in [0.2, 0.25) is 0 Å². The van der Waals surface area contributed by atoms with Crippen LogP contribution >= 0.6 is 0 Å². The molecular formula is C26H30N2O3. The van der Waals surface area contributed by atoms with Crippen molar-refractivity contribution in [3.05, 3.63) is 71.8 Å². The molecule has 3 aromatic rings. The molecule has 0 bridgehead atoms. The van der Waals surface area contributed by atoms with Crippen molar-refractivity contribution in [2.75, 3.05) is 24.6 Å². The molecule has 0 radical (unpaired) electrons. The molecule has 0 aromatic heterocycles. The SMILES string of the molecule is CCOc1ccc(N2CC[C@H](N[C@H](C)c3cccc4ccccc34)C2)cc1CC(=O)O. The lowest BCUT2D eigenvalue weighted by Crippen LogP contribution is -2.34. The van der Waals surface area contributed by atoms with E-state index in [1.807, 2.05) is 25.1 Å². The van der Waals surface area contributed by atoms with Gasteiger partial charge >= 0.3 is 5.97 Å². The Morgan fingerprint density at radius 2 is 2.00 bits per heavy atom. The Bertz CT molecular complexity index is 1060. The topological polar surface area (TPSA) is 61.8 Å². The summed E-state index contributed by atoms with van der Waals surface area (Å²) in [5, 5.41) is 15.6. The number of hydrogen-bond donors (Lipinski definition) is 2. The average molecular weight is 419 g/mol. The Morgan fingerprint density at radius 3 is 2.81 bits per heavy atom. The normalized spacial score (nSPS) is 17.1. The maximum absolute atomic E-state index is 11.3. The number of rotatable bonds is 8. The van der Waals surface area contributed by atoms with Gasteiger partial charge in [-0.3, -0.25) is 4.79 Å². The van der Waals surface area contributed by atoms with Crippen molar-refractivity contribution in [1.29, 1.82) is 0 Å². The van der Waals surface area contributed by atoms with Gasteiger partial charge in [0, 0.05) is 36.4 Å². The number of carboxylic acid groups (broad SMARTS) is 1. The average Bonchev–Trinajstić information content (AvgIpc) is 3.22. The first-order chi connectivity index (χ1) is 15.0. The molecule has 162 valence electrons. The molecule has 1 saturated heterocycles. The molecule has 1 heterocycles. The van der Waals surface area contributed by atoms with E-state index in [9.17, 15) is 9.90 Å². The highest BCUT2D eigenvalue weighted by molar-refractivity contribution is 5.86. The van der Waals surface area contributed by atoms with Crippen molar-refractivity contribution in [3.63, 3.8) is 0 Å². The zero-order chi connectivity index (χ0) is 21.8. The number of hydrogen-bond acceptors (Lipinski definition) is 4. The number of fused-ring (bicyclic) bond motifs is 1. The molecule has 0 aliphatic carbocycles. The summed E-state index contributed by atoms with van der Waals surface area (Å²) in [4.78, 5) is 13.6. The van der Waals surface area contributed by atoms with Crippen LogP contribution in [0.5, 0.6) is 5.75 Å². The van der Waals surface area contributed by atoms with E-state index < -0.39 is 5.97 Å². The summed E-state index contributed by atoms with van der Waals surface area (Å²) in [6.45, 7) is 6.50. The van der Waals surface area contributed by atoms with Crippen LogP contribution in [0.4, 0.5) is 5.69 Å². The van der Waals surface area contributed by atoms with Crippen molar-refractivity contribution in [3.8, 4) is 5.75 Å². The Kier molecular flexibility index (Phi) is 6.42. The van der Waals surface area contributed by atoms with Gasteiger partial charge in [0.2, 0.25) is 0 Å². The van der Waals surface area contributed by atoms with Gasteiger partial charge in [-0.2, -0.15) is 0 Å². The summed E-state index contributed by atoms with van der Waals surface area (Å²) in [5.74, 6) is -0.185. The molecule has 2 N–H and O–H groups in total. The predicted octanol–water partition coefficient (Wildman–Crippen LogP) is 4.80. The van der Waals surface area contributed by atoms with E-state index in [0.717, 1.165) is 30.8 Å². The molecule has 3 aromatic carbocycles. The number of nitrogens with one attached hydrogen (secondary N) is 1. The predicted molar refractivity (Wildman–Crippen MR) is 125 cm³/mol. The molecule has 4 rings (SSSR count). The fraction of sp³-hybridized carbons (Fsp3) is 0.346. The fourth-order valence-electron chi connectivity index (χ4n) is 4.56. The van der Waals surface area contributed by atoms with E-state index in [1.165, 1.54) is 16.3 Å². The molecule has 0 saturated carbocycles. The summed E-state index contributed by atoms with van der Waals surface area (Å²) >= 11 is 0. The zero-order valence-electron chi connectivity index (χ0n) is 18.2. The van der Waals surface area contributed by atoms with Gasteiger partial charge in [-0.15, -0.1) is 0 Å². The Hall–Kier alpha value is -3.05. The van der Waals surface area contributed by atoms with E-state index >= 15 is 0 Å². The maximum atomic E-state index is 11.3. The second kappa shape index (κ2) is 9.40. The van der Waals surface area contributed by atoms with Gasteiger partial charge < -0.3 is 20.1 Å². The van der Waals surface area contributed by atoms with Gasteiger partial charge in [0.1, 0.15) is 5.75 Å². The second-order valence-corrected chi connectivity index (χ2v) is 8.18. The number of ether oxygens (including phenoxy) is 1. The fourth-order valence-corrected chi connectivity index (χ4v) is 4.56. The third-order valence-electron chi connectivity index (χ3n) is 6.01. The van der Waals surface area contributed by atoms with E-state index in [-0.39, 0.29) is 12.5 Å². The van der Waals surface area contributed by atoms with Crippen LogP contribution in [-0.4, -0.2) is 36.8 Å². The van der Waals surface area contributed by atoms with Gasteiger partial charge in [-0.1, -0.05) is 42.5 Å². The van der Waals surface area contributed by atoms with Gasteiger partial charge in [0.05, 0.1) is 13.0 Å². The minimum atomic E-state index is -0.844. The molecule has 0 spiro atoms. The van der Waals surface area contributed by atoms with E-state index in [1.54, 1.807) is 0 Å². The van der Waals surface area contributed by atoms with E-state index in [2.05, 4.69) is 59.6 Å². The zero-order valence-corrected chi connectivity index (χ0v) is 18.2. The summed E-state index contributed by atoms with van der Waals surface area (Å²) in [6, 6.07) is 21.5. The van der Waals surface area contributed by atoms with Crippen molar-refractivity contribution in [2.24, 2.45) is 0 Å². The highest BCUT2D eigenvalue weighted by atomic mass is 16.5. The molecule has 1 fully saturated rings. The number of carbonyl (C=O) groups is 1. The van der Waals surface area contributed by atoms with Crippen LogP contribution in [0.25, 0.3) is 10.8 Å². The highest BCUT2D eigenvalue weighted by Gasteiger charge is 2.25. The molecule has 31 heavy (non-hydrogen) atoms. The lowest BCUT2D eigenvalue weighted by atomic mass is 9.99. The maximum Gasteiger partial charge on any atom is 0.307 e. The Labute approximate surface area is 183 Å². The molecule has 2 atom stereocenters. The van der Waals surface area contributed by atoms with Crippen molar-refractivity contribution in [2.45, 2.75) is 38.8 Å². The second-order valence-electron chi connectivity index (χ2n) is 8.18. The standard InChI is InChI=1S/C26H30N2O3/c1-3-31-25-12-11-22(15-20(25)16-26(29)30)28-14-13-21(17-28)27-18(2)23-10-6-8-19-7-4-5-9-24(19)23/h4-12,15,18,21,27H,3,13-14,16-17H2,1-2H3,(H,29,30)/t18-,21+/m1/s1. The molecule has 0 amide bonds. The van der Waals surface area contributed by atoms with Crippen molar-refractivity contribution >= 4 is 22.4 Å². The minimum absolute atomic E-state index is 0.0309. The molecule has 1 aliphatic heterocycles. The van der Waals surface area contributed by atoms with E-state index in [0.29, 0.717) is 18.4 Å². The largest absolute Gasteiger partial charge is 0.494 e. The number of anilines is 1. The molecule has 0 unspecified atom stereocenters. The minimum Gasteiger partial charge on any atom is -0.494 e. The summed E-state index contributed by atoms with van der Waals surface area (Å²) in [7, 11) is 0. The summed E-state index contributed by atoms with van der Waals surface area (Å²) in [5.41, 5.74) is 3.11. The lowest BCUT2D eigenvalue weighted by molar-refractivity contribution is -0.136. The van der Waals surface area contributed by atoms with Crippen LogP contribution in [0.3, 0.4) is 0 Å². The lowest BCUT2D eigenvalue weighted by Gasteiger charge is -2.23. The van der Waals surface area contributed by atoms with Crippen molar-refractivity contribution < 1.29 is 14.6 Å². The third-order valence-corrected chi connectivity index (χ3v) is 6.01. The van der Waals surface area contributed by atoms with Gasteiger partial charge in [-0.05, 0) is 54.8 Å². The first kappa shape index (κ1) is 21.2. The van der Waals surface area contributed by atoms with E-state index in [4.69, 9.17) is 4.74 Å². The number of nitrogens with zero attached hydrogens (tertiary/aromatic N) is 1. The smallest absolute Gasteiger partial charge is 0.307 e. The molecule has 5 heteroatoms. The number of benzene rings is 3. The van der Waals surface area contributed by atoms with Crippen molar-refractivity contribution in [1.82, 2.24) is 5.32 Å². The first-order valence-electron chi connectivity index (χ1n) is 11.0. The number of aliphatic carboxylic acids is 1. The molecule has 5 nitrogen and oxygen atoms in total. The van der Waals surface area contributed by atoms with Gasteiger partial charge in [0.15, 0.2) is 0 Å². The third kappa shape index (κ3) is 4.83. The highest BCUT2D eigenvalue weighted by Crippen LogP contribution is 2.30. The molecular weight excluding hydrogens is 388 g/mol. The van der Waals surface area contributed by atoms with Gasteiger partial charge in [-0.25, -0.2) is 0 Å². The summed E-state index contributed by atoms with van der Waals surface area (Å²) < 4.78 is 5.62. The van der Waals surface area contributed by atoms with Gasteiger partial charge in [0.25, 0.3) is 0 Å². The van der Waals surface area contributed by atoms with Crippen LogP contribution in [0.1, 0.15) is 37.4 Å². The Balaban J connectivity index is 1.46. The number of carboxylic acids is 1. The van der Waals surface area contributed by atoms with Crippen LogP contribution in [-0.2, 0) is 11.2 Å². The van der Waals surface area contributed by atoms with Crippen LogP contribution in [0.15, 0.2) is 60.7 Å². The molecule has 1 aliphatic rings. The first-order valence-corrected chi connectivity index (χ1v) is 11.0. The quantitative estimate of drug-likeness (QED) is 0.550. The summed E-state index contributed by atoms with van der Waals surface area (Å²) in [6.07, 6.45) is 1.02.